The van der Waals surface area contributed by atoms with Crippen molar-refractivity contribution in [2.45, 2.75) is 31.7 Å². The number of nitrogens with two attached hydrogens (primary N) is 2. The summed E-state index contributed by atoms with van der Waals surface area (Å²) in [4.78, 5) is 28.3. The lowest BCUT2D eigenvalue weighted by Gasteiger charge is -2.12. The minimum Gasteiger partial charge on any atom is -0.383 e. The molecule has 8 nitrogen and oxygen atoms in total. The molecular weight excluding hydrogens is 342 g/mol. The zero-order valence-electron chi connectivity index (χ0n) is 14.6. The maximum absolute atomic E-state index is 11.7. The standard InChI is InChI=1S/C19H19N7O/c20-16-14-12(8-26(10-4-1-2-5-10)19(14)23-9-22-16)18-24-13-7-3-6-11(17(21)27)15(13)25-18/h3,6-10H,1-2,4-5H2,(H2,21,27)(H,24,25)(H2,20,22,23). The number of rotatable bonds is 3. The lowest BCUT2D eigenvalue weighted by atomic mass is 10.2. The molecular formula is C19H19N7O. The van der Waals surface area contributed by atoms with E-state index in [1.54, 1.807) is 12.1 Å². The first kappa shape index (κ1) is 15.8. The fraction of sp³-hybridized carbons (Fsp3) is 0.263. The molecule has 5 N–H and O–H groups in total. The summed E-state index contributed by atoms with van der Waals surface area (Å²) in [5.74, 6) is 0.541. The fourth-order valence-corrected chi connectivity index (χ4v) is 4.11. The quantitative estimate of drug-likeness (QED) is 0.517. The highest BCUT2D eigenvalue weighted by Crippen LogP contribution is 2.38. The van der Waals surface area contributed by atoms with E-state index in [2.05, 4.69) is 24.5 Å². The van der Waals surface area contributed by atoms with Gasteiger partial charge in [0, 0.05) is 17.8 Å². The number of carbonyl (C=O) groups excluding carboxylic acids is 1. The van der Waals surface area contributed by atoms with Gasteiger partial charge in [0.15, 0.2) is 0 Å². The molecule has 1 fully saturated rings. The van der Waals surface area contributed by atoms with Gasteiger partial charge in [-0.25, -0.2) is 15.0 Å². The normalized spacial score (nSPS) is 15.1. The summed E-state index contributed by atoms with van der Waals surface area (Å²) < 4.78 is 2.19. The van der Waals surface area contributed by atoms with Gasteiger partial charge in [0.05, 0.1) is 16.5 Å². The first-order chi connectivity index (χ1) is 13.1. The monoisotopic (exact) mass is 361 g/mol. The van der Waals surface area contributed by atoms with Crippen LogP contribution in [0.1, 0.15) is 42.1 Å². The second-order valence-corrected chi connectivity index (χ2v) is 7.00. The van der Waals surface area contributed by atoms with E-state index in [-0.39, 0.29) is 0 Å². The number of hydrogen-bond acceptors (Lipinski definition) is 5. The number of nitrogens with one attached hydrogen (secondary N) is 1. The van der Waals surface area contributed by atoms with E-state index >= 15 is 0 Å². The van der Waals surface area contributed by atoms with Crippen LogP contribution in [-0.2, 0) is 0 Å². The number of amides is 1. The fourth-order valence-electron chi connectivity index (χ4n) is 4.11. The van der Waals surface area contributed by atoms with Crippen LogP contribution in [0.4, 0.5) is 5.82 Å². The Morgan fingerprint density at radius 3 is 2.81 bits per heavy atom. The predicted molar refractivity (Wildman–Crippen MR) is 103 cm³/mol. The Kier molecular flexibility index (Phi) is 3.40. The number of aromatic nitrogens is 5. The molecule has 1 aromatic carbocycles. The van der Waals surface area contributed by atoms with Gasteiger partial charge in [-0.3, -0.25) is 4.79 Å². The number of hydrogen-bond donors (Lipinski definition) is 3. The highest BCUT2D eigenvalue weighted by molar-refractivity contribution is 6.06. The molecule has 0 spiro atoms. The van der Waals surface area contributed by atoms with Gasteiger partial charge >= 0.3 is 0 Å². The van der Waals surface area contributed by atoms with Gasteiger partial charge in [-0.1, -0.05) is 18.9 Å². The van der Waals surface area contributed by atoms with E-state index in [9.17, 15) is 4.79 Å². The Hall–Kier alpha value is -3.42. The topological polar surface area (TPSA) is 128 Å². The molecule has 1 amide bonds. The summed E-state index contributed by atoms with van der Waals surface area (Å²) in [7, 11) is 0. The van der Waals surface area contributed by atoms with Crippen molar-refractivity contribution in [1.29, 1.82) is 0 Å². The molecule has 0 atom stereocenters. The number of aromatic amines is 1. The number of nitrogen functional groups attached to an aromatic ring is 1. The average Bonchev–Trinajstić information content (AvgIpc) is 3.38. The third kappa shape index (κ3) is 2.37. The highest BCUT2D eigenvalue weighted by atomic mass is 16.1. The van der Waals surface area contributed by atoms with Crippen LogP contribution in [0.2, 0.25) is 0 Å². The van der Waals surface area contributed by atoms with Gasteiger partial charge in [-0.05, 0) is 25.0 Å². The van der Waals surface area contributed by atoms with Crippen LogP contribution in [-0.4, -0.2) is 30.4 Å². The van der Waals surface area contributed by atoms with Crippen LogP contribution < -0.4 is 11.5 Å². The summed E-state index contributed by atoms with van der Waals surface area (Å²) in [5.41, 5.74) is 15.0. The van der Waals surface area contributed by atoms with Gasteiger partial charge < -0.3 is 21.0 Å². The van der Waals surface area contributed by atoms with Crippen molar-refractivity contribution in [3.63, 3.8) is 0 Å². The van der Waals surface area contributed by atoms with Crippen LogP contribution in [0.25, 0.3) is 33.5 Å². The Bertz CT molecular complexity index is 1180. The number of para-hydroxylation sites is 1. The van der Waals surface area contributed by atoms with E-state index < -0.39 is 5.91 Å². The number of imidazole rings is 1. The van der Waals surface area contributed by atoms with Gasteiger partial charge in [0.1, 0.15) is 29.1 Å². The van der Waals surface area contributed by atoms with E-state index in [0.29, 0.717) is 28.8 Å². The zero-order chi connectivity index (χ0) is 18.5. The molecule has 8 heteroatoms. The summed E-state index contributed by atoms with van der Waals surface area (Å²) in [5, 5.41) is 0.782. The number of H-pyrrole nitrogens is 1. The van der Waals surface area contributed by atoms with Crippen molar-refractivity contribution in [3.8, 4) is 11.4 Å². The van der Waals surface area contributed by atoms with Gasteiger partial charge in [0.2, 0.25) is 0 Å². The molecule has 0 aliphatic heterocycles. The van der Waals surface area contributed by atoms with Crippen molar-refractivity contribution in [2.75, 3.05) is 5.73 Å². The molecule has 27 heavy (non-hydrogen) atoms. The Balaban J connectivity index is 1.77. The molecule has 0 bridgehead atoms. The first-order valence-electron chi connectivity index (χ1n) is 9.03. The van der Waals surface area contributed by atoms with E-state index in [1.165, 1.54) is 19.2 Å². The maximum Gasteiger partial charge on any atom is 0.250 e. The van der Waals surface area contributed by atoms with Crippen molar-refractivity contribution < 1.29 is 4.79 Å². The van der Waals surface area contributed by atoms with Crippen molar-refractivity contribution in [1.82, 2.24) is 24.5 Å². The Morgan fingerprint density at radius 1 is 1.22 bits per heavy atom. The molecule has 1 aliphatic carbocycles. The van der Waals surface area contributed by atoms with Crippen LogP contribution in [0.5, 0.6) is 0 Å². The van der Waals surface area contributed by atoms with Crippen LogP contribution in [0, 0.1) is 0 Å². The lowest BCUT2D eigenvalue weighted by Crippen LogP contribution is -2.11. The third-order valence-corrected chi connectivity index (χ3v) is 5.39. The summed E-state index contributed by atoms with van der Waals surface area (Å²) in [6.07, 6.45) is 8.22. The van der Waals surface area contributed by atoms with Gasteiger partial charge in [-0.2, -0.15) is 0 Å². The number of fused-ring (bicyclic) bond motifs is 2. The summed E-state index contributed by atoms with van der Waals surface area (Å²) >= 11 is 0. The van der Waals surface area contributed by atoms with Crippen molar-refractivity contribution in [3.05, 3.63) is 36.3 Å². The largest absolute Gasteiger partial charge is 0.383 e. The maximum atomic E-state index is 11.7. The number of carbonyl (C=O) groups is 1. The summed E-state index contributed by atoms with van der Waals surface area (Å²) in [6, 6.07) is 5.73. The Morgan fingerprint density at radius 2 is 2.04 bits per heavy atom. The molecule has 5 rings (SSSR count). The SMILES string of the molecule is NC(=O)c1cccc2[nH]c(-c3cn(C4CCCC4)c4ncnc(N)c34)nc12. The van der Waals surface area contributed by atoms with Crippen LogP contribution >= 0.6 is 0 Å². The second kappa shape index (κ2) is 5.80. The van der Waals surface area contributed by atoms with Crippen LogP contribution in [0.3, 0.4) is 0 Å². The third-order valence-electron chi connectivity index (χ3n) is 5.39. The zero-order valence-corrected chi connectivity index (χ0v) is 14.6. The lowest BCUT2D eigenvalue weighted by molar-refractivity contribution is 0.100. The number of benzene rings is 1. The average molecular weight is 361 g/mol. The summed E-state index contributed by atoms with van der Waals surface area (Å²) in [6.45, 7) is 0. The van der Waals surface area contributed by atoms with Gasteiger partial charge in [-0.15, -0.1) is 0 Å². The van der Waals surface area contributed by atoms with Crippen molar-refractivity contribution in [2.24, 2.45) is 5.73 Å². The number of anilines is 1. The van der Waals surface area contributed by atoms with Gasteiger partial charge in [0.25, 0.3) is 5.91 Å². The molecule has 4 aromatic rings. The Labute approximate surface area is 154 Å². The molecule has 0 unspecified atom stereocenters. The molecule has 0 radical (unpaired) electrons. The minimum atomic E-state index is -0.505. The molecule has 3 aromatic heterocycles. The number of nitrogens with zero attached hydrogens (tertiary/aromatic N) is 4. The van der Waals surface area contributed by atoms with Crippen molar-refractivity contribution >= 4 is 33.8 Å². The number of primary amides is 1. The molecule has 3 heterocycles. The van der Waals surface area contributed by atoms with Crippen LogP contribution in [0.15, 0.2) is 30.7 Å². The first-order valence-corrected chi connectivity index (χ1v) is 9.03. The molecule has 1 saturated carbocycles. The van der Waals surface area contributed by atoms with E-state index in [1.807, 2.05) is 12.3 Å². The predicted octanol–water partition coefficient (Wildman–Crippen LogP) is 2.77. The molecule has 1 aliphatic rings. The minimum absolute atomic E-state index is 0.388. The van der Waals surface area contributed by atoms with E-state index in [4.69, 9.17) is 11.5 Å². The smallest absolute Gasteiger partial charge is 0.250 e. The molecule has 136 valence electrons. The van der Waals surface area contributed by atoms with E-state index in [0.717, 1.165) is 35.0 Å². The molecule has 0 saturated heterocycles. The second-order valence-electron chi connectivity index (χ2n) is 7.00. The highest BCUT2D eigenvalue weighted by Gasteiger charge is 2.24.